The number of rotatable bonds is 7. The summed E-state index contributed by atoms with van der Waals surface area (Å²) in [6, 6.07) is 4.72. The second-order valence-corrected chi connectivity index (χ2v) is 6.46. The lowest BCUT2D eigenvalue weighted by Crippen LogP contribution is -2.39. The van der Waals surface area contributed by atoms with Crippen LogP contribution in [-0.2, 0) is 6.54 Å². The molecule has 5 heteroatoms. The molecule has 0 bridgehead atoms. The molecule has 1 unspecified atom stereocenters. The highest BCUT2D eigenvalue weighted by Gasteiger charge is 2.13. The molecule has 0 aliphatic heterocycles. The minimum atomic E-state index is 0.455. The number of aromatic nitrogens is 1. The molecule has 2 N–H and O–H groups in total. The highest BCUT2D eigenvalue weighted by atomic mass is 32.1. The Morgan fingerprint density at radius 2 is 2.17 bits per heavy atom. The van der Waals surface area contributed by atoms with E-state index in [2.05, 4.69) is 47.0 Å². The van der Waals surface area contributed by atoms with Gasteiger partial charge in [0.2, 0.25) is 0 Å². The van der Waals surface area contributed by atoms with Crippen LogP contribution in [-0.4, -0.2) is 17.6 Å². The second-order valence-electron chi connectivity index (χ2n) is 4.53. The number of hydrogen-bond donors (Lipinski definition) is 2. The summed E-state index contributed by atoms with van der Waals surface area (Å²) >= 11 is 3.44. The SMILES string of the molecule is CC(C)C(CNc1nccs1)NCc1cccs1. The van der Waals surface area contributed by atoms with Gasteiger partial charge in [0.1, 0.15) is 0 Å². The summed E-state index contributed by atoms with van der Waals surface area (Å²) in [6.07, 6.45) is 1.83. The van der Waals surface area contributed by atoms with Crippen LogP contribution in [0.1, 0.15) is 18.7 Å². The Bertz CT molecular complexity index is 385. The van der Waals surface area contributed by atoms with Crippen LogP contribution < -0.4 is 10.6 Å². The van der Waals surface area contributed by atoms with Crippen LogP contribution in [0.3, 0.4) is 0 Å². The van der Waals surface area contributed by atoms with E-state index in [0.29, 0.717) is 12.0 Å². The van der Waals surface area contributed by atoms with Crippen LogP contribution >= 0.6 is 22.7 Å². The van der Waals surface area contributed by atoms with E-state index in [4.69, 9.17) is 0 Å². The smallest absolute Gasteiger partial charge is 0.182 e. The third-order valence-corrected chi connectivity index (χ3v) is 4.44. The molecule has 1 atom stereocenters. The Labute approximate surface area is 116 Å². The van der Waals surface area contributed by atoms with E-state index in [-0.39, 0.29) is 0 Å². The quantitative estimate of drug-likeness (QED) is 0.816. The first kappa shape index (κ1) is 13.5. The molecule has 3 nitrogen and oxygen atoms in total. The molecule has 2 heterocycles. The van der Waals surface area contributed by atoms with E-state index in [9.17, 15) is 0 Å². The minimum Gasteiger partial charge on any atom is -0.360 e. The zero-order valence-corrected chi connectivity index (χ0v) is 12.4. The molecule has 2 aromatic heterocycles. The van der Waals surface area contributed by atoms with Crippen molar-refractivity contribution in [2.75, 3.05) is 11.9 Å². The molecule has 0 radical (unpaired) electrons. The fourth-order valence-electron chi connectivity index (χ4n) is 1.70. The second kappa shape index (κ2) is 6.87. The van der Waals surface area contributed by atoms with Crippen molar-refractivity contribution < 1.29 is 0 Å². The maximum Gasteiger partial charge on any atom is 0.182 e. The Morgan fingerprint density at radius 1 is 1.28 bits per heavy atom. The van der Waals surface area contributed by atoms with Gasteiger partial charge < -0.3 is 10.6 Å². The van der Waals surface area contributed by atoms with Crippen LogP contribution in [0.25, 0.3) is 0 Å². The average molecular weight is 281 g/mol. The van der Waals surface area contributed by atoms with Gasteiger partial charge in [-0.2, -0.15) is 0 Å². The van der Waals surface area contributed by atoms with E-state index >= 15 is 0 Å². The van der Waals surface area contributed by atoms with Crippen LogP contribution in [0.4, 0.5) is 5.13 Å². The number of anilines is 1. The summed E-state index contributed by atoms with van der Waals surface area (Å²) in [5, 5.41) is 12.1. The summed E-state index contributed by atoms with van der Waals surface area (Å²) in [5.74, 6) is 0.595. The Morgan fingerprint density at radius 3 is 2.78 bits per heavy atom. The van der Waals surface area contributed by atoms with Gasteiger partial charge in [-0.1, -0.05) is 19.9 Å². The van der Waals surface area contributed by atoms with E-state index in [1.54, 1.807) is 22.7 Å². The lowest BCUT2D eigenvalue weighted by molar-refractivity contribution is 0.414. The molecule has 0 saturated carbocycles. The molecule has 2 aromatic rings. The fourth-order valence-corrected chi connectivity index (χ4v) is 2.89. The predicted octanol–water partition coefficient (Wildman–Crippen LogP) is 3.43. The number of nitrogens with one attached hydrogen (secondary N) is 2. The van der Waals surface area contributed by atoms with Gasteiger partial charge in [0, 0.05) is 35.6 Å². The predicted molar refractivity (Wildman–Crippen MR) is 80.4 cm³/mol. The molecule has 18 heavy (non-hydrogen) atoms. The van der Waals surface area contributed by atoms with Crippen molar-refractivity contribution >= 4 is 27.8 Å². The molecule has 0 amide bonds. The van der Waals surface area contributed by atoms with Crippen molar-refractivity contribution in [3.05, 3.63) is 34.0 Å². The zero-order chi connectivity index (χ0) is 12.8. The van der Waals surface area contributed by atoms with Gasteiger partial charge in [0.25, 0.3) is 0 Å². The summed E-state index contributed by atoms with van der Waals surface area (Å²) < 4.78 is 0. The largest absolute Gasteiger partial charge is 0.360 e. The van der Waals surface area contributed by atoms with Gasteiger partial charge in [-0.25, -0.2) is 4.98 Å². The molecular formula is C13H19N3S2. The number of nitrogens with zero attached hydrogens (tertiary/aromatic N) is 1. The lowest BCUT2D eigenvalue weighted by atomic mass is 10.0. The Kier molecular flexibility index (Phi) is 5.16. The molecule has 0 spiro atoms. The van der Waals surface area contributed by atoms with E-state index < -0.39 is 0 Å². The van der Waals surface area contributed by atoms with Crippen molar-refractivity contribution in [3.63, 3.8) is 0 Å². The van der Waals surface area contributed by atoms with Gasteiger partial charge in [-0.3, -0.25) is 0 Å². The van der Waals surface area contributed by atoms with Gasteiger partial charge >= 0.3 is 0 Å². The van der Waals surface area contributed by atoms with Crippen molar-refractivity contribution in [1.82, 2.24) is 10.3 Å². The molecular weight excluding hydrogens is 262 g/mol. The first-order valence-corrected chi connectivity index (χ1v) is 7.91. The maximum atomic E-state index is 4.24. The topological polar surface area (TPSA) is 37.0 Å². The zero-order valence-electron chi connectivity index (χ0n) is 10.7. The van der Waals surface area contributed by atoms with Gasteiger partial charge in [0.15, 0.2) is 5.13 Å². The Hall–Kier alpha value is -0.910. The summed E-state index contributed by atoms with van der Waals surface area (Å²) in [5.41, 5.74) is 0. The molecule has 0 aliphatic rings. The molecule has 0 saturated heterocycles. The number of hydrogen-bond acceptors (Lipinski definition) is 5. The molecule has 98 valence electrons. The van der Waals surface area contributed by atoms with Crippen molar-refractivity contribution in [2.45, 2.75) is 26.4 Å². The van der Waals surface area contributed by atoms with Gasteiger partial charge in [-0.15, -0.1) is 22.7 Å². The van der Waals surface area contributed by atoms with E-state index in [0.717, 1.165) is 18.2 Å². The standard InChI is InChI=1S/C13H19N3S2/c1-10(2)12(9-16-13-14-5-7-18-13)15-8-11-4-3-6-17-11/h3-7,10,12,15H,8-9H2,1-2H3,(H,14,16). The fraction of sp³-hybridized carbons (Fsp3) is 0.462. The van der Waals surface area contributed by atoms with Crippen molar-refractivity contribution in [1.29, 1.82) is 0 Å². The molecule has 0 fully saturated rings. The van der Waals surface area contributed by atoms with Crippen LogP contribution in [0.5, 0.6) is 0 Å². The Balaban J connectivity index is 1.80. The van der Waals surface area contributed by atoms with Gasteiger partial charge in [0.05, 0.1) is 0 Å². The molecule has 0 aromatic carbocycles. The minimum absolute atomic E-state index is 0.455. The van der Waals surface area contributed by atoms with E-state index in [1.165, 1.54) is 4.88 Å². The van der Waals surface area contributed by atoms with Crippen LogP contribution in [0, 0.1) is 5.92 Å². The first-order chi connectivity index (χ1) is 8.75. The van der Waals surface area contributed by atoms with Crippen LogP contribution in [0.2, 0.25) is 0 Å². The highest BCUT2D eigenvalue weighted by molar-refractivity contribution is 7.13. The normalized spacial score (nSPS) is 12.8. The summed E-state index contributed by atoms with van der Waals surface area (Å²) in [6.45, 7) is 6.35. The van der Waals surface area contributed by atoms with E-state index in [1.807, 2.05) is 11.6 Å². The van der Waals surface area contributed by atoms with Crippen molar-refractivity contribution in [3.8, 4) is 0 Å². The third-order valence-electron chi connectivity index (χ3n) is 2.83. The molecule has 0 aliphatic carbocycles. The van der Waals surface area contributed by atoms with Crippen molar-refractivity contribution in [2.24, 2.45) is 5.92 Å². The van der Waals surface area contributed by atoms with Gasteiger partial charge in [-0.05, 0) is 17.4 Å². The number of thiazole rings is 1. The third kappa shape index (κ3) is 4.08. The summed E-state index contributed by atoms with van der Waals surface area (Å²) in [4.78, 5) is 5.62. The highest BCUT2D eigenvalue weighted by Crippen LogP contribution is 2.13. The lowest BCUT2D eigenvalue weighted by Gasteiger charge is -2.22. The van der Waals surface area contributed by atoms with Crippen LogP contribution in [0.15, 0.2) is 29.1 Å². The average Bonchev–Trinajstić information content (AvgIpc) is 3.00. The monoisotopic (exact) mass is 281 g/mol. The summed E-state index contributed by atoms with van der Waals surface area (Å²) in [7, 11) is 0. The first-order valence-electron chi connectivity index (χ1n) is 6.15. The molecule has 2 rings (SSSR count). The number of thiophene rings is 1. The maximum absolute atomic E-state index is 4.24.